The Hall–Kier alpha value is -2.90. The monoisotopic (exact) mass is 432 g/mol. The van der Waals surface area contributed by atoms with Crippen LogP contribution in [0.3, 0.4) is 0 Å². The van der Waals surface area contributed by atoms with Gasteiger partial charge in [0.25, 0.3) is 11.1 Å². The lowest BCUT2D eigenvalue weighted by Gasteiger charge is -2.34. The van der Waals surface area contributed by atoms with E-state index in [-0.39, 0.29) is 17.2 Å². The smallest absolute Gasteiger partial charge is 0.252 e. The first-order chi connectivity index (χ1) is 15.7. The van der Waals surface area contributed by atoms with Crippen molar-refractivity contribution in [3.8, 4) is 5.75 Å². The van der Waals surface area contributed by atoms with E-state index in [1.165, 1.54) is 11.1 Å². The van der Waals surface area contributed by atoms with Gasteiger partial charge >= 0.3 is 0 Å². The first-order valence-corrected chi connectivity index (χ1v) is 11.6. The van der Waals surface area contributed by atoms with Crippen LogP contribution in [-0.4, -0.2) is 46.3 Å². The fourth-order valence-corrected chi connectivity index (χ4v) is 5.49. The number of nitrogens with one attached hydrogen (secondary N) is 1. The number of pyridine rings is 2. The van der Waals surface area contributed by atoms with Gasteiger partial charge in [-0.25, -0.2) is 0 Å². The molecule has 1 fully saturated rings. The van der Waals surface area contributed by atoms with Crippen LogP contribution in [0.4, 0.5) is 0 Å². The molecule has 0 spiro atoms. The van der Waals surface area contributed by atoms with Crippen molar-refractivity contribution in [2.45, 2.75) is 44.4 Å². The van der Waals surface area contributed by atoms with Crippen LogP contribution in [0.5, 0.6) is 5.75 Å². The molecule has 1 atom stereocenters. The molecule has 0 saturated carbocycles. The molecule has 5 heterocycles. The van der Waals surface area contributed by atoms with Crippen LogP contribution in [0.15, 0.2) is 52.1 Å². The summed E-state index contributed by atoms with van der Waals surface area (Å²) in [5.41, 5.74) is 3.31. The van der Waals surface area contributed by atoms with Crippen molar-refractivity contribution >= 4 is 11.0 Å². The fourth-order valence-electron chi connectivity index (χ4n) is 5.49. The van der Waals surface area contributed by atoms with Crippen molar-refractivity contribution in [2.24, 2.45) is 0 Å². The zero-order valence-electron chi connectivity index (χ0n) is 18.1. The molecule has 1 N–H and O–H groups in total. The molecule has 7 heteroatoms. The predicted octanol–water partition coefficient (Wildman–Crippen LogP) is 1.91. The van der Waals surface area contributed by atoms with Gasteiger partial charge < -0.3 is 15.0 Å². The maximum Gasteiger partial charge on any atom is 0.252 e. The van der Waals surface area contributed by atoms with Crippen molar-refractivity contribution in [1.29, 1.82) is 0 Å². The number of piperidine rings is 1. The lowest BCUT2D eigenvalue weighted by molar-refractivity contribution is 0.171. The summed E-state index contributed by atoms with van der Waals surface area (Å²) in [4.78, 5) is 27.4. The van der Waals surface area contributed by atoms with Gasteiger partial charge in [-0.3, -0.25) is 18.7 Å². The molecular weight excluding hydrogens is 404 g/mol. The van der Waals surface area contributed by atoms with Crippen molar-refractivity contribution in [2.75, 3.05) is 26.2 Å². The van der Waals surface area contributed by atoms with E-state index in [1.54, 1.807) is 16.7 Å². The van der Waals surface area contributed by atoms with Crippen LogP contribution in [-0.2, 0) is 19.5 Å². The summed E-state index contributed by atoms with van der Waals surface area (Å²) in [6.07, 6.45) is 3.18. The van der Waals surface area contributed by atoms with Crippen LogP contribution in [0.1, 0.15) is 30.0 Å². The maximum atomic E-state index is 12.6. The second-order valence-corrected chi connectivity index (χ2v) is 9.25. The summed E-state index contributed by atoms with van der Waals surface area (Å²) < 4.78 is 9.28. The van der Waals surface area contributed by atoms with Crippen LogP contribution < -0.4 is 21.2 Å². The van der Waals surface area contributed by atoms with Gasteiger partial charge in [-0.1, -0.05) is 12.1 Å². The van der Waals surface area contributed by atoms with Crippen molar-refractivity contribution in [1.82, 2.24) is 19.4 Å². The summed E-state index contributed by atoms with van der Waals surface area (Å²) in [7, 11) is 0. The molecular formula is C25H28N4O3. The normalized spacial score (nSPS) is 20.6. The minimum Gasteiger partial charge on any atom is -0.493 e. The van der Waals surface area contributed by atoms with Gasteiger partial charge in [0.1, 0.15) is 11.4 Å². The lowest BCUT2D eigenvalue weighted by atomic mass is 10.0. The van der Waals surface area contributed by atoms with E-state index < -0.39 is 0 Å². The number of ether oxygens (including phenoxy) is 1. The van der Waals surface area contributed by atoms with E-state index in [9.17, 15) is 9.59 Å². The highest BCUT2D eigenvalue weighted by atomic mass is 16.5. The minimum atomic E-state index is -0.0285. The Kier molecular flexibility index (Phi) is 4.88. The van der Waals surface area contributed by atoms with E-state index in [4.69, 9.17) is 4.74 Å². The Morgan fingerprint density at radius 1 is 1.00 bits per heavy atom. The SMILES string of the molecule is O=c1ccc2ccc(=O)n3c2n1CC3CN1CCC(NCc2ccc3c(c2)OCC3)CC1. The average Bonchev–Trinajstić information content (AvgIpc) is 3.43. The van der Waals surface area contributed by atoms with Gasteiger partial charge in [0, 0.05) is 49.6 Å². The summed E-state index contributed by atoms with van der Waals surface area (Å²) in [6.45, 7) is 5.03. The summed E-state index contributed by atoms with van der Waals surface area (Å²) in [6, 6.07) is 13.9. The average molecular weight is 433 g/mol. The Morgan fingerprint density at radius 2 is 1.81 bits per heavy atom. The molecule has 3 aliphatic heterocycles. The van der Waals surface area contributed by atoms with Crippen LogP contribution in [0.25, 0.3) is 11.0 Å². The van der Waals surface area contributed by atoms with Crippen molar-refractivity contribution in [3.63, 3.8) is 0 Å². The summed E-state index contributed by atoms with van der Waals surface area (Å²) in [5, 5.41) is 4.66. The van der Waals surface area contributed by atoms with Crippen LogP contribution >= 0.6 is 0 Å². The predicted molar refractivity (Wildman–Crippen MR) is 123 cm³/mol. The highest BCUT2D eigenvalue weighted by Gasteiger charge is 2.29. The lowest BCUT2D eigenvalue weighted by Crippen LogP contribution is -2.44. The third-order valence-electron chi connectivity index (χ3n) is 7.23. The number of hydrogen-bond donors (Lipinski definition) is 1. The molecule has 0 bridgehead atoms. The minimum absolute atomic E-state index is 0.0113. The van der Waals surface area contributed by atoms with Crippen LogP contribution in [0.2, 0.25) is 0 Å². The number of benzene rings is 1. The molecule has 7 nitrogen and oxygen atoms in total. The van der Waals surface area contributed by atoms with E-state index in [1.807, 2.05) is 16.7 Å². The Bertz CT molecular complexity index is 1280. The molecule has 2 aromatic heterocycles. The molecule has 6 rings (SSSR count). The quantitative estimate of drug-likeness (QED) is 0.667. The third-order valence-corrected chi connectivity index (χ3v) is 7.23. The van der Waals surface area contributed by atoms with E-state index in [2.05, 4.69) is 28.4 Å². The number of fused-ring (bicyclic) bond motifs is 1. The Balaban J connectivity index is 1.07. The highest BCUT2D eigenvalue weighted by Crippen LogP contribution is 2.27. The second-order valence-electron chi connectivity index (χ2n) is 9.25. The fraction of sp³-hybridized carbons (Fsp3) is 0.440. The number of aromatic nitrogens is 2. The van der Waals surface area contributed by atoms with Crippen LogP contribution in [0, 0.1) is 0 Å². The van der Waals surface area contributed by atoms with E-state index in [0.29, 0.717) is 12.6 Å². The van der Waals surface area contributed by atoms with Gasteiger partial charge in [0.05, 0.1) is 12.6 Å². The van der Waals surface area contributed by atoms with Gasteiger partial charge in [-0.05, 0) is 55.3 Å². The van der Waals surface area contributed by atoms with Crippen molar-refractivity contribution < 1.29 is 4.74 Å². The first kappa shape index (κ1) is 19.8. The molecule has 1 aromatic carbocycles. The molecule has 166 valence electrons. The van der Waals surface area contributed by atoms with E-state index in [0.717, 1.165) is 68.8 Å². The number of rotatable bonds is 5. The Labute approximate surface area is 186 Å². The maximum absolute atomic E-state index is 12.6. The second kappa shape index (κ2) is 7.90. The first-order valence-electron chi connectivity index (χ1n) is 11.6. The summed E-state index contributed by atoms with van der Waals surface area (Å²) in [5.74, 6) is 1.04. The molecule has 1 saturated heterocycles. The molecule has 0 radical (unpaired) electrons. The zero-order chi connectivity index (χ0) is 21.7. The standard InChI is InChI=1S/C25H28N4O3/c30-23-5-3-19-4-6-24(31)29-21(16-28(23)25(19)29)15-27-10-7-20(8-11-27)26-14-17-1-2-18-9-12-32-22(18)13-17/h1-6,13,20-21,26H,7-12,14-16H2. The molecule has 3 aromatic rings. The number of nitrogens with zero attached hydrogens (tertiary/aromatic N) is 3. The number of likely N-dealkylation sites (tertiary alicyclic amines) is 1. The largest absolute Gasteiger partial charge is 0.493 e. The van der Waals surface area contributed by atoms with Crippen molar-refractivity contribution in [3.05, 3.63) is 74.3 Å². The third kappa shape index (κ3) is 3.45. The van der Waals surface area contributed by atoms with Gasteiger partial charge in [-0.2, -0.15) is 0 Å². The molecule has 3 aliphatic rings. The highest BCUT2D eigenvalue weighted by molar-refractivity contribution is 5.76. The molecule has 0 amide bonds. The molecule has 0 aliphatic carbocycles. The summed E-state index contributed by atoms with van der Waals surface area (Å²) >= 11 is 0. The van der Waals surface area contributed by atoms with Gasteiger partial charge in [-0.15, -0.1) is 0 Å². The molecule has 1 unspecified atom stereocenters. The topological polar surface area (TPSA) is 68.5 Å². The van der Waals surface area contributed by atoms with Gasteiger partial charge in [0.2, 0.25) is 0 Å². The Morgan fingerprint density at radius 3 is 2.66 bits per heavy atom. The number of hydrogen-bond acceptors (Lipinski definition) is 5. The van der Waals surface area contributed by atoms with E-state index >= 15 is 0 Å². The zero-order valence-corrected chi connectivity index (χ0v) is 18.1. The molecule has 32 heavy (non-hydrogen) atoms. The van der Waals surface area contributed by atoms with Gasteiger partial charge in [0.15, 0.2) is 0 Å².